The maximum atomic E-state index is 12.3. The van der Waals surface area contributed by atoms with Crippen molar-refractivity contribution in [3.8, 4) is 0 Å². The summed E-state index contributed by atoms with van der Waals surface area (Å²) in [5.41, 5.74) is 2.14. The summed E-state index contributed by atoms with van der Waals surface area (Å²) in [5, 5.41) is 18.7. The summed E-state index contributed by atoms with van der Waals surface area (Å²) in [5.74, 6) is -0.259. The number of rotatable bonds is 3. The summed E-state index contributed by atoms with van der Waals surface area (Å²) in [6.45, 7) is 0. The highest BCUT2D eigenvalue weighted by Gasteiger charge is 2.31. The molecule has 0 amide bonds. The monoisotopic (exact) mass is 436 g/mol. The number of nitro groups is 1. The van der Waals surface area contributed by atoms with E-state index in [-0.39, 0.29) is 11.4 Å². The van der Waals surface area contributed by atoms with E-state index in [4.69, 9.17) is 0 Å². The van der Waals surface area contributed by atoms with Gasteiger partial charge in [-0.15, -0.1) is 0 Å². The molecule has 0 spiro atoms. The van der Waals surface area contributed by atoms with Crippen LogP contribution >= 0.6 is 15.9 Å². The number of halogens is 1. The van der Waals surface area contributed by atoms with Crippen LogP contribution in [0.1, 0.15) is 11.1 Å². The van der Waals surface area contributed by atoms with Crippen LogP contribution in [-0.4, -0.2) is 38.1 Å². The van der Waals surface area contributed by atoms with Crippen molar-refractivity contribution in [3.63, 3.8) is 0 Å². The smallest absolute Gasteiger partial charge is 0.269 e. The van der Waals surface area contributed by atoms with Crippen LogP contribution in [0.5, 0.6) is 0 Å². The Morgan fingerprint density at radius 3 is 2.58 bits per heavy atom. The van der Waals surface area contributed by atoms with Crippen LogP contribution in [0, 0.1) is 10.1 Å². The minimum absolute atomic E-state index is 0.0198. The van der Waals surface area contributed by atoms with Crippen LogP contribution in [0.25, 0.3) is 0 Å². The van der Waals surface area contributed by atoms with E-state index in [1.54, 1.807) is 18.2 Å². The molecule has 0 radical (unpaired) electrons. The number of anilines is 1. The average Bonchev–Trinajstić information content (AvgIpc) is 2.59. The maximum Gasteiger partial charge on any atom is 0.269 e. The molecule has 134 valence electrons. The van der Waals surface area contributed by atoms with Crippen LogP contribution in [0.15, 0.2) is 57.1 Å². The quantitative estimate of drug-likeness (QED) is 0.418. The highest BCUT2D eigenvalue weighted by molar-refractivity contribution is 9.10. The first-order valence-corrected chi connectivity index (χ1v) is 9.79. The number of nitrogens with zero attached hydrogens (tertiary/aromatic N) is 4. The van der Waals surface area contributed by atoms with Gasteiger partial charge < -0.3 is 0 Å². The lowest BCUT2D eigenvalue weighted by molar-refractivity contribution is -0.384. The molecule has 10 heteroatoms. The predicted molar refractivity (Wildman–Crippen MR) is 104 cm³/mol. The van der Waals surface area contributed by atoms with Gasteiger partial charge in [0.25, 0.3) is 5.69 Å². The second kappa shape index (κ2) is 6.96. The molecule has 0 N–H and O–H groups in total. The second-order valence-electron chi connectivity index (χ2n) is 5.53. The van der Waals surface area contributed by atoms with Crippen LogP contribution in [0.2, 0.25) is 0 Å². The Balaban J connectivity index is 1.94. The summed E-state index contributed by atoms with van der Waals surface area (Å²) >= 11 is 3.37. The second-order valence-corrected chi connectivity index (χ2v) is 8.44. The average molecular weight is 437 g/mol. The number of hydrogen-bond donors (Lipinski definition) is 0. The van der Waals surface area contributed by atoms with Crippen LogP contribution in [0.4, 0.5) is 11.4 Å². The molecule has 0 saturated carbocycles. The van der Waals surface area contributed by atoms with Crippen LogP contribution in [0.3, 0.4) is 0 Å². The Hall–Kier alpha value is -2.59. The number of fused-ring (bicyclic) bond motifs is 1. The molecule has 0 bridgehead atoms. The van der Waals surface area contributed by atoms with Gasteiger partial charge in [-0.3, -0.25) is 14.4 Å². The minimum atomic E-state index is -3.51. The molecular formula is C16H13BrN4O4S. The Kier molecular flexibility index (Phi) is 4.88. The van der Waals surface area contributed by atoms with E-state index in [2.05, 4.69) is 26.1 Å². The normalized spacial score (nSPS) is 17.5. The van der Waals surface area contributed by atoms with E-state index in [1.807, 2.05) is 0 Å². The molecule has 0 unspecified atom stereocenters. The van der Waals surface area contributed by atoms with Gasteiger partial charge in [0.2, 0.25) is 10.0 Å². The first-order valence-electron chi connectivity index (χ1n) is 7.39. The SMILES string of the molecule is CN1c2ccc(Br)cc2/C(=N/N=C/c2ccc([N+](=O)[O-])cc2)CS1(=O)=O. The lowest BCUT2D eigenvalue weighted by Crippen LogP contribution is -2.38. The number of benzene rings is 2. The molecule has 8 nitrogen and oxygen atoms in total. The Morgan fingerprint density at radius 1 is 1.23 bits per heavy atom. The fourth-order valence-corrected chi connectivity index (χ4v) is 4.01. The third kappa shape index (κ3) is 3.65. The van der Waals surface area contributed by atoms with Crippen molar-refractivity contribution in [3.05, 3.63) is 68.2 Å². The fourth-order valence-electron chi connectivity index (χ4n) is 2.44. The van der Waals surface area contributed by atoms with Crippen molar-refractivity contribution in [2.75, 3.05) is 17.1 Å². The van der Waals surface area contributed by atoms with Crippen molar-refractivity contribution < 1.29 is 13.3 Å². The van der Waals surface area contributed by atoms with Crippen molar-refractivity contribution in [1.29, 1.82) is 0 Å². The van der Waals surface area contributed by atoms with Gasteiger partial charge in [-0.1, -0.05) is 15.9 Å². The summed E-state index contributed by atoms with van der Waals surface area (Å²) in [6, 6.07) is 11.1. The van der Waals surface area contributed by atoms with Gasteiger partial charge in [-0.25, -0.2) is 8.42 Å². The number of non-ortho nitro benzene ring substituents is 1. The lowest BCUT2D eigenvalue weighted by atomic mass is 10.1. The summed E-state index contributed by atoms with van der Waals surface area (Å²) in [7, 11) is -2.01. The van der Waals surface area contributed by atoms with Crippen LogP contribution < -0.4 is 4.31 Å². The van der Waals surface area contributed by atoms with Crippen molar-refractivity contribution in [2.24, 2.45) is 10.2 Å². The van der Waals surface area contributed by atoms with E-state index in [9.17, 15) is 18.5 Å². The maximum absolute atomic E-state index is 12.3. The minimum Gasteiger partial charge on any atom is -0.272 e. The fraction of sp³-hybridized carbons (Fsp3) is 0.125. The summed E-state index contributed by atoms with van der Waals surface area (Å²) in [6.07, 6.45) is 1.42. The van der Waals surface area contributed by atoms with Gasteiger partial charge in [0.15, 0.2) is 0 Å². The molecule has 0 saturated heterocycles. The third-order valence-electron chi connectivity index (χ3n) is 3.83. The summed E-state index contributed by atoms with van der Waals surface area (Å²) in [4.78, 5) is 10.2. The van der Waals surface area contributed by atoms with Crippen LogP contribution in [-0.2, 0) is 10.0 Å². The molecule has 3 rings (SSSR count). The molecule has 2 aromatic rings. The lowest BCUT2D eigenvalue weighted by Gasteiger charge is -2.27. The molecule has 0 atom stereocenters. The molecule has 0 aliphatic carbocycles. The van der Waals surface area contributed by atoms with Gasteiger partial charge in [-0.2, -0.15) is 10.2 Å². The molecule has 0 fully saturated rings. The van der Waals surface area contributed by atoms with Gasteiger partial charge >= 0.3 is 0 Å². The first kappa shape index (κ1) is 18.2. The van der Waals surface area contributed by atoms with Gasteiger partial charge in [0.05, 0.1) is 22.5 Å². The Bertz CT molecular complexity index is 1030. The molecule has 1 aliphatic rings. The van der Waals surface area contributed by atoms with Gasteiger partial charge in [-0.05, 0) is 35.9 Å². The van der Waals surface area contributed by atoms with E-state index < -0.39 is 14.9 Å². The molecule has 1 aliphatic heterocycles. The highest BCUT2D eigenvalue weighted by Crippen LogP contribution is 2.31. The molecule has 26 heavy (non-hydrogen) atoms. The zero-order valence-electron chi connectivity index (χ0n) is 13.5. The van der Waals surface area contributed by atoms with Gasteiger partial charge in [0.1, 0.15) is 5.75 Å². The predicted octanol–water partition coefficient (Wildman–Crippen LogP) is 2.96. The highest BCUT2D eigenvalue weighted by atomic mass is 79.9. The molecular weight excluding hydrogens is 424 g/mol. The van der Waals surface area contributed by atoms with E-state index in [1.165, 1.54) is 41.8 Å². The van der Waals surface area contributed by atoms with Crippen molar-refractivity contribution in [1.82, 2.24) is 0 Å². The third-order valence-corrected chi connectivity index (χ3v) is 6.00. The zero-order chi connectivity index (χ0) is 18.9. The number of hydrogen-bond acceptors (Lipinski definition) is 6. The molecule has 0 aromatic heterocycles. The van der Waals surface area contributed by atoms with Crippen molar-refractivity contribution >= 4 is 49.3 Å². The largest absolute Gasteiger partial charge is 0.272 e. The molecule has 2 aromatic carbocycles. The Labute approximate surface area is 158 Å². The number of nitro benzene ring substituents is 1. The van der Waals surface area contributed by atoms with Crippen molar-refractivity contribution in [2.45, 2.75) is 0 Å². The van der Waals surface area contributed by atoms with E-state index in [0.29, 0.717) is 22.5 Å². The Morgan fingerprint density at radius 2 is 1.92 bits per heavy atom. The number of sulfonamides is 1. The van der Waals surface area contributed by atoms with Gasteiger partial charge in [0, 0.05) is 29.2 Å². The molecule has 1 heterocycles. The topological polar surface area (TPSA) is 105 Å². The van der Waals surface area contributed by atoms with E-state index >= 15 is 0 Å². The zero-order valence-corrected chi connectivity index (χ0v) is 15.9. The summed E-state index contributed by atoms with van der Waals surface area (Å²) < 4.78 is 26.6. The standard InChI is InChI=1S/C16H13BrN4O4S/c1-20-16-7-4-12(17)8-14(16)15(10-26(20,24)25)19-18-9-11-2-5-13(6-3-11)21(22)23/h2-9H,10H2,1H3/b18-9+,19-15+. The first-order chi connectivity index (χ1) is 12.3. The van der Waals surface area contributed by atoms with E-state index in [0.717, 1.165) is 4.47 Å².